The van der Waals surface area contributed by atoms with Crippen LogP contribution in [0.5, 0.6) is 0 Å². The first-order valence-electron chi connectivity index (χ1n) is 10.6. The number of likely N-dealkylation sites (tertiary alicyclic amines) is 1. The van der Waals surface area contributed by atoms with E-state index in [4.69, 9.17) is 0 Å². The van der Waals surface area contributed by atoms with Crippen LogP contribution in [0.1, 0.15) is 47.9 Å². The molecule has 2 aromatic carbocycles. The molecule has 0 bridgehead atoms. The van der Waals surface area contributed by atoms with Gasteiger partial charge in [0, 0.05) is 11.3 Å². The highest BCUT2D eigenvalue weighted by Crippen LogP contribution is 2.28. The third kappa shape index (κ3) is 4.82. The van der Waals surface area contributed by atoms with Crippen molar-refractivity contribution in [3.8, 4) is 5.69 Å². The molecular weight excluding hydrogens is 392 g/mol. The van der Waals surface area contributed by atoms with Gasteiger partial charge in [-0.2, -0.15) is 0 Å². The number of benzene rings is 2. The summed E-state index contributed by atoms with van der Waals surface area (Å²) in [5.41, 5.74) is 2.92. The number of hydrogen-bond acceptors (Lipinski definition) is 5. The number of hydrogen-bond donors (Lipinski definition) is 0. The molecule has 1 atom stereocenters. The summed E-state index contributed by atoms with van der Waals surface area (Å²) < 4.78 is 2.11. The molecule has 156 valence electrons. The van der Waals surface area contributed by atoms with Gasteiger partial charge in [-0.05, 0) is 51.9 Å². The number of ketones is 1. The lowest BCUT2D eigenvalue weighted by atomic mass is 10.1. The Bertz CT molecular complexity index is 978. The quantitative estimate of drug-likeness (QED) is 0.401. The Hall–Kier alpha value is -2.44. The van der Waals surface area contributed by atoms with Crippen LogP contribution in [0, 0.1) is 6.92 Å². The van der Waals surface area contributed by atoms with Crippen molar-refractivity contribution in [1.82, 2.24) is 19.7 Å². The van der Waals surface area contributed by atoms with Gasteiger partial charge in [-0.25, -0.2) is 0 Å². The number of aromatic nitrogens is 3. The summed E-state index contributed by atoms with van der Waals surface area (Å²) in [6.07, 6.45) is 3.79. The molecule has 1 fully saturated rings. The fourth-order valence-corrected chi connectivity index (χ4v) is 4.76. The number of aryl methyl sites for hydroxylation is 1. The first-order valence-corrected chi connectivity index (χ1v) is 11.5. The monoisotopic (exact) mass is 420 g/mol. The predicted octanol–water partition coefficient (Wildman–Crippen LogP) is 4.93. The zero-order valence-electron chi connectivity index (χ0n) is 17.6. The molecule has 0 saturated carbocycles. The lowest BCUT2D eigenvalue weighted by Crippen LogP contribution is -2.30. The molecule has 1 aliphatic rings. The maximum absolute atomic E-state index is 12.9. The maximum Gasteiger partial charge on any atom is 0.196 e. The zero-order valence-corrected chi connectivity index (χ0v) is 18.4. The average Bonchev–Trinajstić information content (AvgIpc) is 3.17. The number of carbonyl (C=O) groups excluding carboxylic acids is 1. The van der Waals surface area contributed by atoms with Gasteiger partial charge in [0.1, 0.15) is 0 Å². The van der Waals surface area contributed by atoms with Gasteiger partial charge in [0.2, 0.25) is 0 Å². The molecule has 30 heavy (non-hydrogen) atoms. The summed E-state index contributed by atoms with van der Waals surface area (Å²) in [6, 6.07) is 18.0. The number of rotatable bonds is 7. The molecular formula is C24H28N4OS. The van der Waals surface area contributed by atoms with Gasteiger partial charge in [-0.1, -0.05) is 66.2 Å². The van der Waals surface area contributed by atoms with Gasteiger partial charge in [0.25, 0.3) is 0 Å². The molecule has 5 nitrogen and oxygen atoms in total. The number of piperidine rings is 1. The topological polar surface area (TPSA) is 51.0 Å². The molecule has 0 radical (unpaired) electrons. The van der Waals surface area contributed by atoms with Crippen molar-refractivity contribution in [2.24, 2.45) is 0 Å². The van der Waals surface area contributed by atoms with E-state index in [1.807, 2.05) is 56.3 Å². The van der Waals surface area contributed by atoms with E-state index in [2.05, 4.69) is 31.8 Å². The van der Waals surface area contributed by atoms with E-state index in [0.29, 0.717) is 0 Å². The summed E-state index contributed by atoms with van der Waals surface area (Å²) >= 11 is 1.48. The third-order valence-electron chi connectivity index (χ3n) is 5.52. The Morgan fingerprint density at radius 3 is 2.40 bits per heavy atom. The minimum absolute atomic E-state index is 0.111. The summed E-state index contributed by atoms with van der Waals surface area (Å²) in [7, 11) is 0. The van der Waals surface area contributed by atoms with E-state index < -0.39 is 0 Å². The van der Waals surface area contributed by atoms with E-state index in [-0.39, 0.29) is 11.0 Å². The molecule has 0 amide bonds. The Morgan fingerprint density at radius 1 is 1.00 bits per heavy atom. The zero-order chi connectivity index (χ0) is 20.9. The number of carbonyl (C=O) groups is 1. The first kappa shape index (κ1) is 20.8. The number of para-hydroxylation sites is 1. The largest absolute Gasteiger partial charge is 0.296 e. The van der Waals surface area contributed by atoms with Crippen LogP contribution < -0.4 is 0 Å². The Morgan fingerprint density at radius 2 is 1.70 bits per heavy atom. The minimum Gasteiger partial charge on any atom is -0.296 e. The average molecular weight is 421 g/mol. The van der Waals surface area contributed by atoms with Crippen LogP contribution in [0.15, 0.2) is 59.8 Å². The summed E-state index contributed by atoms with van der Waals surface area (Å²) in [6.45, 7) is 6.96. The summed E-state index contributed by atoms with van der Waals surface area (Å²) in [4.78, 5) is 15.4. The van der Waals surface area contributed by atoms with Crippen LogP contribution in [-0.2, 0) is 6.54 Å². The van der Waals surface area contributed by atoms with E-state index in [1.54, 1.807) is 0 Å². The van der Waals surface area contributed by atoms with Crippen LogP contribution in [0.25, 0.3) is 5.69 Å². The van der Waals surface area contributed by atoms with E-state index in [0.717, 1.165) is 47.4 Å². The molecule has 0 spiro atoms. The second-order valence-corrected chi connectivity index (χ2v) is 9.20. The van der Waals surface area contributed by atoms with Gasteiger partial charge in [0.05, 0.1) is 11.8 Å². The molecule has 0 aliphatic carbocycles. The molecule has 1 unspecified atom stereocenters. The Labute approximate surface area is 182 Å². The van der Waals surface area contributed by atoms with Crippen molar-refractivity contribution in [3.05, 3.63) is 71.5 Å². The van der Waals surface area contributed by atoms with Crippen molar-refractivity contribution in [2.75, 3.05) is 13.1 Å². The third-order valence-corrected chi connectivity index (χ3v) is 6.56. The SMILES string of the molecule is Cc1ccc(C(=O)C(C)Sc2nnc(CN3CCCCC3)n2-c2ccccc2)cc1. The summed E-state index contributed by atoms with van der Waals surface area (Å²) in [5.74, 6) is 1.04. The molecule has 1 aromatic heterocycles. The minimum atomic E-state index is -0.248. The number of nitrogens with zero attached hydrogens (tertiary/aromatic N) is 4. The Balaban J connectivity index is 1.59. The van der Waals surface area contributed by atoms with Crippen molar-refractivity contribution < 1.29 is 4.79 Å². The highest BCUT2D eigenvalue weighted by atomic mass is 32.2. The lowest BCUT2D eigenvalue weighted by molar-refractivity contribution is 0.0994. The normalized spacial score (nSPS) is 15.8. The second-order valence-electron chi connectivity index (χ2n) is 7.90. The molecule has 1 aliphatic heterocycles. The van der Waals surface area contributed by atoms with Crippen molar-refractivity contribution in [1.29, 1.82) is 0 Å². The first-order chi connectivity index (χ1) is 14.6. The van der Waals surface area contributed by atoms with Gasteiger partial charge >= 0.3 is 0 Å². The molecule has 1 saturated heterocycles. The summed E-state index contributed by atoms with van der Waals surface area (Å²) in [5, 5.41) is 9.52. The lowest BCUT2D eigenvalue weighted by Gasteiger charge is -2.26. The smallest absolute Gasteiger partial charge is 0.196 e. The van der Waals surface area contributed by atoms with E-state index >= 15 is 0 Å². The number of thioether (sulfide) groups is 1. The molecule has 2 heterocycles. The highest BCUT2D eigenvalue weighted by molar-refractivity contribution is 8.00. The van der Waals surface area contributed by atoms with Crippen molar-refractivity contribution in [3.63, 3.8) is 0 Å². The molecule has 4 rings (SSSR count). The van der Waals surface area contributed by atoms with Gasteiger partial charge in [-0.3, -0.25) is 14.3 Å². The van der Waals surface area contributed by atoms with Crippen molar-refractivity contribution in [2.45, 2.75) is 50.1 Å². The molecule has 3 aromatic rings. The standard InChI is InChI=1S/C24H28N4OS/c1-18-11-13-20(14-12-18)23(29)19(2)30-24-26-25-22(17-27-15-7-4-8-16-27)28(24)21-9-5-3-6-10-21/h3,5-6,9-14,19H,4,7-8,15-17H2,1-2H3. The van der Waals surface area contributed by atoms with Crippen LogP contribution in [0.2, 0.25) is 0 Å². The van der Waals surface area contributed by atoms with Gasteiger partial charge in [0.15, 0.2) is 16.8 Å². The fraction of sp³-hybridized carbons (Fsp3) is 0.375. The Kier molecular flexibility index (Phi) is 6.65. The maximum atomic E-state index is 12.9. The van der Waals surface area contributed by atoms with Crippen LogP contribution in [0.3, 0.4) is 0 Å². The fourth-order valence-electron chi connectivity index (χ4n) is 3.80. The van der Waals surface area contributed by atoms with Crippen LogP contribution in [0.4, 0.5) is 0 Å². The highest BCUT2D eigenvalue weighted by Gasteiger charge is 2.23. The van der Waals surface area contributed by atoms with Crippen LogP contribution in [-0.4, -0.2) is 43.8 Å². The van der Waals surface area contributed by atoms with Gasteiger partial charge < -0.3 is 0 Å². The molecule has 0 N–H and O–H groups in total. The van der Waals surface area contributed by atoms with E-state index in [9.17, 15) is 4.79 Å². The molecule has 6 heteroatoms. The second kappa shape index (κ2) is 9.58. The van der Waals surface area contributed by atoms with Crippen LogP contribution >= 0.6 is 11.8 Å². The van der Waals surface area contributed by atoms with Gasteiger partial charge in [-0.15, -0.1) is 10.2 Å². The predicted molar refractivity (Wildman–Crippen MR) is 121 cm³/mol. The number of Topliss-reactive ketones (excluding diaryl/α,β-unsaturated/α-hetero) is 1. The van der Waals surface area contributed by atoms with E-state index in [1.165, 1.54) is 31.0 Å². The van der Waals surface area contributed by atoms with Crippen molar-refractivity contribution >= 4 is 17.5 Å².